The van der Waals surface area contributed by atoms with Gasteiger partial charge >= 0.3 is 0 Å². The van der Waals surface area contributed by atoms with Crippen molar-refractivity contribution in [1.29, 1.82) is 0 Å². The largest absolute Gasteiger partial charge is 0.322 e. The Morgan fingerprint density at radius 1 is 1.00 bits per heavy atom. The van der Waals surface area contributed by atoms with Crippen LogP contribution in [0.4, 0.5) is 10.5 Å². The third kappa shape index (κ3) is 4.77. The van der Waals surface area contributed by atoms with E-state index in [9.17, 15) is 14.4 Å². The molecule has 1 aliphatic rings. The van der Waals surface area contributed by atoms with Crippen LogP contribution in [-0.4, -0.2) is 22.0 Å². The van der Waals surface area contributed by atoms with Crippen molar-refractivity contribution in [2.75, 3.05) is 5.32 Å². The second kappa shape index (κ2) is 9.42. The number of nitrogens with one attached hydrogen (secondary N) is 1. The number of carbonyl (C=O) groups is 3. The predicted molar refractivity (Wildman–Crippen MR) is 129 cm³/mol. The molecule has 1 N–H and O–H groups in total. The third-order valence-electron chi connectivity index (χ3n) is 5.02. The van der Waals surface area contributed by atoms with Crippen LogP contribution in [0.1, 0.15) is 27.0 Å². The Balaban J connectivity index is 1.45. The molecule has 0 radical (unpaired) electrons. The van der Waals surface area contributed by atoms with Crippen LogP contribution in [0.15, 0.2) is 77.7 Å². The molecule has 1 saturated heterocycles. The number of aryl methyl sites for hydroxylation is 1. The van der Waals surface area contributed by atoms with E-state index in [0.717, 1.165) is 28.6 Å². The highest BCUT2D eigenvalue weighted by atomic mass is 35.5. The molecule has 3 aromatic rings. The van der Waals surface area contributed by atoms with Crippen molar-refractivity contribution in [2.45, 2.75) is 13.5 Å². The number of benzene rings is 3. The number of amides is 3. The standard InChI is InChI=1S/C25H19ClN2O3S/c1-16-6-2-5-9-21(16)27-23(29)18-12-10-17(11-13-18)15-28-24(30)22(32-25(28)31)14-19-7-3-4-8-20(19)26/h2-14H,15H2,1H3,(H,27,29)/b22-14-. The van der Waals surface area contributed by atoms with Gasteiger partial charge in [-0.05, 0) is 65.7 Å². The maximum Gasteiger partial charge on any atom is 0.293 e. The first-order valence-corrected chi connectivity index (χ1v) is 11.1. The number of hydrogen-bond donors (Lipinski definition) is 1. The summed E-state index contributed by atoms with van der Waals surface area (Å²) in [5.74, 6) is -0.582. The minimum atomic E-state index is -0.360. The molecule has 5 nitrogen and oxygen atoms in total. The first-order valence-electron chi connectivity index (χ1n) is 9.88. The van der Waals surface area contributed by atoms with E-state index in [1.807, 2.05) is 37.3 Å². The SMILES string of the molecule is Cc1ccccc1NC(=O)c1ccc(CN2C(=O)S/C(=C\c3ccccc3Cl)C2=O)cc1. The van der Waals surface area contributed by atoms with Gasteiger partial charge < -0.3 is 5.32 Å². The molecule has 1 heterocycles. The predicted octanol–water partition coefficient (Wildman–Crippen LogP) is 6.14. The summed E-state index contributed by atoms with van der Waals surface area (Å²) < 4.78 is 0. The van der Waals surface area contributed by atoms with Crippen molar-refractivity contribution in [3.8, 4) is 0 Å². The normalized spacial score (nSPS) is 14.8. The van der Waals surface area contributed by atoms with E-state index < -0.39 is 0 Å². The number of anilines is 1. The van der Waals surface area contributed by atoms with Crippen molar-refractivity contribution < 1.29 is 14.4 Å². The monoisotopic (exact) mass is 462 g/mol. The topological polar surface area (TPSA) is 66.5 Å². The molecule has 0 bridgehead atoms. The molecule has 1 aliphatic heterocycles. The molecule has 0 aliphatic carbocycles. The Labute approximate surface area is 195 Å². The van der Waals surface area contributed by atoms with Crippen LogP contribution in [0.25, 0.3) is 6.08 Å². The fourth-order valence-electron chi connectivity index (χ4n) is 3.22. The number of rotatable bonds is 5. The molecule has 1 fully saturated rings. The quantitative estimate of drug-likeness (QED) is 0.462. The number of halogens is 1. The Bertz CT molecular complexity index is 1240. The van der Waals surface area contributed by atoms with Gasteiger partial charge in [0, 0.05) is 16.3 Å². The van der Waals surface area contributed by atoms with Crippen LogP contribution < -0.4 is 5.32 Å². The number of nitrogens with zero attached hydrogens (tertiary/aromatic N) is 1. The summed E-state index contributed by atoms with van der Waals surface area (Å²) in [4.78, 5) is 39.2. The first kappa shape index (κ1) is 21.9. The minimum absolute atomic E-state index is 0.129. The highest BCUT2D eigenvalue weighted by Crippen LogP contribution is 2.34. The van der Waals surface area contributed by atoms with E-state index in [4.69, 9.17) is 11.6 Å². The summed E-state index contributed by atoms with van der Waals surface area (Å²) in [6.07, 6.45) is 1.63. The van der Waals surface area contributed by atoms with Gasteiger partial charge in [0.05, 0.1) is 11.4 Å². The molecule has 0 aromatic heterocycles. The molecule has 3 aromatic carbocycles. The lowest BCUT2D eigenvalue weighted by atomic mass is 10.1. The molecular weight excluding hydrogens is 444 g/mol. The van der Waals surface area contributed by atoms with Crippen LogP contribution in [0.5, 0.6) is 0 Å². The van der Waals surface area contributed by atoms with Gasteiger partial charge in [-0.3, -0.25) is 19.3 Å². The van der Waals surface area contributed by atoms with Gasteiger partial charge in [0.2, 0.25) is 0 Å². The Morgan fingerprint density at radius 2 is 1.69 bits per heavy atom. The summed E-state index contributed by atoms with van der Waals surface area (Å²) in [6, 6.07) is 21.5. The molecule has 4 rings (SSSR count). The summed E-state index contributed by atoms with van der Waals surface area (Å²) in [5.41, 5.74) is 3.65. The van der Waals surface area contributed by atoms with Crippen molar-refractivity contribution in [3.63, 3.8) is 0 Å². The van der Waals surface area contributed by atoms with Gasteiger partial charge in [0.25, 0.3) is 17.1 Å². The van der Waals surface area contributed by atoms with E-state index in [-0.39, 0.29) is 23.6 Å². The average Bonchev–Trinajstić information content (AvgIpc) is 3.05. The van der Waals surface area contributed by atoms with Crippen molar-refractivity contribution >= 4 is 52.2 Å². The highest BCUT2D eigenvalue weighted by Gasteiger charge is 2.35. The fourth-order valence-corrected chi connectivity index (χ4v) is 4.24. The minimum Gasteiger partial charge on any atom is -0.322 e. The second-order valence-electron chi connectivity index (χ2n) is 7.26. The molecular formula is C25H19ClN2O3S. The van der Waals surface area contributed by atoms with Crippen LogP contribution in [0.3, 0.4) is 0 Å². The van der Waals surface area contributed by atoms with E-state index in [1.54, 1.807) is 48.5 Å². The molecule has 3 amide bonds. The maximum absolute atomic E-state index is 12.8. The Hall–Kier alpha value is -3.35. The summed E-state index contributed by atoms with van der Waals surface area (Å²) in [5, 5.41) is 3.06. The molecule has 0 saturated carbocycles. The van der Waals surface area contributed by atoms with E-state index in [2.05, 4.69) is 5.32 Å². The van der Waals surface area contributed by atoms with E-state index >= 15 is 0 Å². The zero-order chi connectivity index (χ0) is 22.7. The van der Waals surface area contributed by atoms with Crippen molar-refractivity contribution in [2.24, 2.45) is 0 Å². The van der Waals surface area contributed by atoms with Crippen molar-refractivity contribution in [3.05, 3.63) is 105 Å². The van der Waals surface area contributed by atoms with Gasteiger partial charge in [0.15, 0.2) is 0 Å². The lowest BCUT2D eigenvalue weighted by Gasteiger charge is -2.13. The smallest absolute Gasteiger partial charge is 0.293 e. The molecule has 7 heteroatoms. The van der Waals surface area contributed by atoms with Crippen molar-refractivity contribution in [1.82, 2.24) is 4.90 Å². The Morgan fingerprint density at radius 3 is 2.41 bits per heavy atom. The molecule has 32 heavy (non-hydrogen) atoms. The second-order valence-corrected chi connectivity index (χ2v) is 8.66. The van der Waals surface area contributed by atoms with Gasteiger partial charge in [-0.15, -0.1) is 0 Å². The maximum atomic E-state index is 12.8. The summed E-state index contributed by atoms with van der Waals surface area (Å²) >= 11 is 7.05. The molecule has 0 unspecified atom stereocenters. The number of hydrogen-bond acceptors (Lipinski definition) is 4. The zero-order valence-electron chi connectivity index (χ0n) is 17.2. The fraction of sp³-hybridized carbons (Fsp3) is 0.0800. The van der Waals surface area contributed by atoms with Crippen LogP contribution in [0.2, 0.25) is 5.02 Å². The van der Waals surface area contributed by atoms with Gasteiger partial charge in [-0.25, -0.2) is 0 Å². The lowest BCUT2D eigenvalue weighted by Crippen LogP contribution is -2.27. The van der Waals surface area contributed by atoms with Crippen LogP contribution >= 0.6 is 23.4 Å². The first-order chi connectivity index (χ1) is 15.4. The third-order valence-corrected chi connectivity index (χ3v) is 6.27. The summed E-state index contributed by atoms with van der Waals surface area (Å²) in [6.45, 7) is 2.06. The van der Waals surface area contributed by atoms with Crippen LogP contribution in [-0.2, 0) is 11.3 Å². The van der Waals surface area contributed by atoms with Gasteiger partial charge in [-0.2, -0.15) is 0 Å². The molecule has 160 valence electrons. The average molecular weight is 463 g/mol. The van der Waals surface area contributed by atoms with Crippen LogP contribution in [0, 0.1) is 6.92 Å². The molecule has 0 atom stereocenters. The number of carbonyl (C=O) groups excluding carboxylic acids is 3. The highest BCUT2D eigenvalue weighted by molar-refractivity contribution is 8.18. The number of imide groups is 1. The summed E-state index contributed by atoms with van der Waals surface area (Å²) in [7, 11) is 0. The molecule has 0 spiro atoms. The van der Waals surface area contributed by atoms with Gasteiger partial charge in [0.1, 0.15) is 0 Å². The zero-order valence-corrected chi connectivity index (χ0v) is 18.7. The lowest BCUT2D eigenvalue weighted by molar-refractivity contribution is -0.123. The number of thioether (sulfide) groups is 1. The van der Waals surface area contributed by atoms with E-state index in [1.165, 1.54) is 4.90 Å². The van der Waals surface area contributed by atoms with E-state index in [0.29, 0.717) is 21.1 Å². The Kier molecular flexibility index (Phi) is 6.44. The van der Waals surface area contributed by atoms with Gasteiger partial charge in [-0.1, -0.05) is 60.1 Å². The number of para-hydroxylation sites is 1.